The first-order valence-electron chi connectivity index (χ1n) is 5.77. The summed E-state index contributed by atoms with van der Waals surface area (Å²) in [6.45, 7) is 2.54. The fourth-order valence-electron chi connectivity index (χ4n) is 1.39. The van der Waals surface area contributed by atoms with Crippen molar-refractivity contribution in [1.29, 1.82) is 0 Å². The molecular formula is C12H17N3O4. The van der Waals surface area contributed by atoms with E-state index in [-0.39, 0.29) is 19.1 Å². The molecule has 19 heavy (non-hydrogen) atoms. The average Bonchev–Trinajstić information content (AvgIpc) is 2.36. The maximum Gasteiger partial charge on any atom is 0.404 e. The normalized spacial score (nSPS) is 9.74. The van der Waals surface area contributed by atoms with Crippen LogP contribution in [0.2, 0.25) is 0 Å². The molecule has 2 amide bonds. The Labute approximate surface area is 110 Å². The molecule has 0 bridgehead atoms. The maximum atomic E-state index is 11.7. The van der Waals surface area contributed by atoms with Crippen molar-refractivity contribution in [3.63, 3.8) is 0 Å². The van der Waals surface area contributed by atoms with Gasteiger partial charge in [0, 0.05) is 5.56 Å². The Morgan fingerprint density at radius 3 is 2.68 bits per heavy atom. The minimum atomic E-state index is -0.875. The second-order valence-corrected chi connectivity index (χ2v) is 3.61. The monoisotopic (exact) mass is 267 g/mol. The van der Waals surface area contributed by atoms with Crippen molar-refractivity contribution in [3.8, 4) is 5.75 Å². The van der Waals surface area contributed by atoms with E-state index in [1.165, 1.54) is 6.07 Å². The van der Waals surface area contributed by atoms with Crippen LogP contribution in [0.1, 0.15) is 17.3 Å². The van der Waals surface area contributed by atoms with Crippen LogP contribution in [-0.2, 0) is 4.74 Å². The Morgan fingerprint density at radius 2 is 2.11 bits per heavy atom. The number of amides is 2. The maximum absolute atomic E-state index is 11.7. The number of hydrogen-bond acceptors (Lipinski definition) is 5. The molecule has 0 saturated heterocycles. The number of carbonyl (C=O) groups excluding carboxylic acids is 2. The molecule has 0 aliphatic rings. The predicted octanol–water partition coefficient (Wildman–Crippen LogP) is 0.493. The van der Waals surface area contributed by atoms with Crippen LogP contribution >= 0.6 is 0 Å². The van der Waals surface area contributed by atoms with Crippen LogP contribution in [0, 0.1) is 0 Å². The second kappa shape index (κ2) is 7.10. The van der Waals surface area contributed by atoms with Crippen LogP contribution in [0.5, 0.6) is 5.75 Å². The van der Waals surface area contributed by atoms with Crippen molar-refractivity contribution < 1.29 is 19.1 Å². The van der Waals surface area contributed by atoms with E-state index in [2.05, 4.69) is 10.1 Å². The topological polar surface area (TPSA) is 117 Å². The van der Waals surface area contributed by atoms with E-state index in [1.54, 1.807) is 12.1 Å². The SMILES string of the molecule is CCOc1ccc(C(=O)NCCOC(N)=O)cc1N. The third kappa shape index (κ3) is 4.74. The van der Waals surface area contributed by atoms with Gasteiger partial charge in [0.15, 0.2) is 0 Å². The zero-order valence-corrected chi connectivity index (χ0v) is 10.6. The molecule has 0 fully saturated rings. The van der Waals surface area contributed by atoms with Gasteiger partial charge in [0.1, 0.15) is 12.4 Å². The van der Waals surface area contributed by atoms with Gasteiger partial charge in [0.2, 0.25) is 0 Å². The molecule has 7 nitrogen and oxygen atoms in total. The highest BCUT2D eigenvalue weighted by Gasteiger charge is 2.08. The van der Waals surface area contributed by atoms with Gasteiger partial charge in [-0.2, -0.15) is 0 Å². The van der Waals surface area contributed by atoms with E-state index >= 15 is 0 Å². The molecule has 104 valence electrons. The fraction of sp³-hybridized carbons (Fsp3) is 0.333. The minimum absolute atomic E-state index is 0.0214. The van der Waals surface area contributed by atoms with E-state index in [1.807, 2.05) is 6.92 Å². The summed E-state index contributed by atoms with van der Waals surface area (Å²) in [4.78, 5) is 22.0. The number of anilines is 1. The number of nitrogens with one attached hydrogen (secondary N) is 1. The summed E-state index contributed by atoms with van der Waals surface area (Å²) < 4.78 is 9.75. The molecule has 0 radical (unpaired) electrons. The van der Waals surface area contributed by atoms with Crippen molar-refractivity contribution in [2.75, 3.05) is 25.5 Å². The van der Waals surface area contributed by atoms with Gasteiger partial charge < -0.3 is 26.3 Å². The van der Waals surface area contributed by atoms with Gasteiger partial charge in [-0.15, -0.1) is 0 Å². The van der Waals surface area contributed by atoms with Crippen LogP contribution in [-0.4, -0.2) is 31.8 Å². The second-order valence-electron chi connectivity index (χ2n) is 3.61. The van der Waals surface area contributed by atoms with Crippen molar-refractivity contribution in [2.24, 2.45) is 5.73 Å². The van der Waals surface area contributed by atoms with Crippen LogP contribution in [0.15, 0.2) is 18.2 Å². The quantitative estimate of drug-likeness (QED) is 0.512. The lowest BCUT2D eigenvalue weighted by Crippen LogP contribution is -2.29. The van der Waals surface area contributed by atoms with E-state index in [4.69, 9.17) is 16.2 Å². The molecule has 0 spiro atoms. The Morgan fingerprint density at radius 1 is 1.37 bits per heavy atom. The Hall–Kier alpha value is -2.44. The van der Waals surface area contributed by atoms with Gasteiger partial charge in [-0.1, -0.05) is 0 Å². The Kier molecular flexibility index (Phi) is 5.46. The zero-order chi connectivity index (χ0) is 14.3. The smallest absolute Gasteiger partial charge is 0.404 e. The summed E-state index contributed by atoms with van der Waals surface area (Å²) >= 11 is 0. The molecule has 0 aliphatic carbocycles. The molecule has 5 N–H and O–H groups in total. The molecule has 0 aromatic heterocycles. The van der Waals surface area contributed by atoms with Gasteiger partial charge in [0.25, 0.3) is 5.91 Å². The first kappa shape index (κ1) is 14.6. The molecular weight excluding hydrogens is 250 g/mol. The lowest BCUT2D eigenvalue weighted by atomic mass is 10.2. The molecule has 0 saturated carbocycles. The van der Waals surface area contributed by atoms with Gasteiger partial charge in [-0.05, 0) is 25.1 Å². The summed E-state index contributed by atoms with van der Waals surface area (Å²) in [7, 11) is 0. The van der Waals surface area contributed by atoms with Gasteiger partial charge in [-0.3, -0.25) is 4.79 Å². The summed E-state index contributed by atoms with van der Waals surface area (Å²) in [6, 6.07) is 4.76. The highest BCUT2D eigenvalue weighted by Crippen LogP contribution is 2.22. The highest BCUT2D eigenvalue weighted by molar-refractivity contribution is 5.95. The van der Waals surface area contributed by atoms with E-state index in [0.29, 0.717) is 23.6 Å². The third-order valence-corrected chi connectivity index (χ3v) is 2.20. The van der Waals surface area contributed by atoms with Gasteiger partial charge in [-0.25, -0.2) is 4.79 Å². The number of ether oxygens (including phenoxy) is 2. The number of hydrogen-bond donors (Lipinski definition) is 3. The zero-order valence-electron chi connectivity index (χ0n) is 10.6. The van der Waals surface area contributed by atoms with Gasteiger partial charge in [0.05, 0.1) is 18.8 Å². The first-order chi connectivity index (χ1) is 9.04. The van der Waals surface area contributed by atoms with E-state index in [0.717, 1.165) is 0 Å². The van der Waals surface area contributed by atoms with Crippen LogP contribution in [0.25, 0.3) is 0 Å². The number of nitrogens with two attached hydrogens (primary N) is 2. The Bertz CT molecular complexity index is 462. The molecule has 0 atom stereocenters. The lowest BCUT2D eigenvalue weighted by molar-refractivity contribution is 0.0937. The number of carbonyl (C=O) groups is 2. The summed E-state index contributed by atoms with van der Waals surface area (Å²) in [5.74, 6) is 0.221. The van der Waals surface area contributed by atoms with Crippen LogP contribution < -0.4 is 21.5 Å². The average molecular weight is 267 g/mol. The lowest BCUT2D eigenvalue weighted by Gasteiger charge is -2.09. The minimum Gasteiger partial charge on any atom is -0.492 e. The molecule has 7 heteroatoms. The van der Waals surface area contributed by atoms with Crippen LogP contribution in [0.3, 0.4) is 0 Å². The molecule has 1 rings (SSSR count). The molecule has 1 aromatic carbocycles. The standard InChI is InChI=1S/C12H17N3O4/c1-2-18-10-4-3-8(7-9(10)13)11(16)15-5-6-19-12(14)17/h3-4,7H,2,5-6,13H2,1H3,(H2,14,17)(H,15,16). The van der Waals surface area contributed by atoms with Crippen molar-refractivity contribution >= 4 is 17.7 Å². The van der Waals surface area contributed by atoms with E-state index in [9.17, 15) is 9.59 Å². The fourth-order valence-corrected chi connectivity index (χ4v) is 1.39. The van der Waals surface area contributed by atoms with Crippen molar-refractivity contribution in [1.82, 2.24) is 5.32 Å². The van der Waals surface area contributed by atoms with E-state index < -0.39 is 6.09 Å². The number of benzene rings is 1. The summed E-state index contributed by atoms with van der Waals surface area (Å²) in [5, 5.41) is 2.56. The number of nitrogen functional groups attached to an aromatic ring is 1. The molecule has 1 aromatic rings. The first-order valence-corrected chi connectivity index (χ1v) is 5.77. The van der Waals surface area contributed by atoms with Crippen LogP contribution in [0.4, 0.5) is 10.5 Å². The number of rotatable bonds is 6. The number of primary amides is 1. The molecule has 0 aliphatic heterocycles. The predicted molar refractivity (Wildman–Crippen MR) is 69.9 cm³/mol. The molecule has 0 unspecified atom stereocenters. The Balaban J connectivity index is 2.53. The summed E-state index contributed by atoms with van der Waals surface area (Å²) in [5.41, 5.74) is 11.3. The van der Waals surface area contributed by atoms with Crippen molar-refractivity contribution in [3.05, 3.63) is 23.8 Å². The summed E-state index contributed by atoms with van der Waals surface area (Å²) in [6.07, 6.45) is -0.875. The van der Waals surface area contributed by atoms with Crippen molar-refractivity contribution in [2.45, 2.75) is 6.92 Å². The third-order valence-electron chi connectivity index (χ3n) is 2.20. The highest BCUT2D eigenvalue weighted by atomic mass is 16.5. The molecule has 0 heterocycles. The largest absolute Gasteiger partial charge is 0.492 e. The van der Waals surface area contributed by atoms with Gasteiger partial charge >= 0.3 is 6.09 Å².